The van der Waals surface area contributed by atoms with Crippen molar-refractivity contribution in [3.8, 4) is 0 Å². The standard InChI is InChI=1S/C16H15N3/c1-12-15(17)19-11-5-8-14(16(19)18-12)10-9-13-6-3-2-4-7-13/h2-11H,17H2,1H3/b10-9-. The van der Waals surface area contributed by atoms with E-state index in [-0.39, 0.29) is 0 Å². The molecule has 2 N–H and O–H groups in total. The van der Waals surface area contributed by atoms with Crippen molar-refractivity contribution in [3.05, 3.63) is 65.5 Å². The van der Waals surface area contributed by atoms with E-state index in [0.29, 0.717) is 5.82 Å². The second kappa shape index (κ2) is 4.61. The number of pyridine rings is 1. The Morgan fingerprint density at radius 1 is 1.05 bits per heavy atom. The van der Waals surface area contributed by atoms with Crippen LogP contribution in [0.1, 0.15) is 16.8 Å². The molecular formula is C16H15N3. The van der Waals surface area contributed by atoms with Gasteiger partial charge in [-0.25, -0.2) is 4.98 Å². The van der Waals surface area contributed by atoms with Crippen molar-refractivity contribution in [2.45, 2.75) is 6.92 Å². The summed E-state index contributed by atoms with van der Waals surface area (Å²) in [7, 11) is 0. The molecule has 2 heterocycles. The molecule has 0 unspecified atom stereocenters. The monoisotopic (exact) mass is 249 g/mol. The number of nitrogens with zero attached hydrogens (tertiary/aromatic N) is 2. The molecule has 0 aliphatic heterocycles. The molecule has 0 saturated carbocycles. The van der Waals surface area contributed by atoms with E-state index in [1.165, 1.54) is 5.56 Å². The van der Waals surface area contributed by atoms with E-state index >= 15 is 0 Å². The van der Waals surface area contributed by atoms with E-state index in [2.05, 4.69) is 29.3 Å². The molecule has 94 valence electrons. The van der Waals surface area contributed by atoms with Gasteiger partial charge in [-0.3, -0.25) is 4.40 Å². The maximum absolute atomic E-state index is 5.99. The first-order valence-corrected chi connectivity index (χ1v) is 6.22. The summed E-state index contributed by atoms with van der Waals surface area (Å²) >= 11 is 0. The van der Waals surface area contributed by atoms with E-state index in [9.17, 15) is 0 Å². The average Bonchev–Trinajstić information content (AvgIpc) is 2.74. The minimum atomic E-state index is 0.699. The molecule has 1 aromatic carbocycles. The van der Waals surface area contributed by atoms with E-state index in [1.54, 1.807) is 0 Å². The van der Waals surface area contributed by atoms with Gasteiger partial charge in [0.05, 0.1) is 5.69 Å². The molecule has 3 heteroatoms. The van der Waals surface area contributed by atoms with Gasteiger partial charge in [-0.1, -0.05) is 42.5 Å². The summed E-state index contributed by atoms with van der Waals surface area (Å²) in [5.74, 6) is 0.699. The first kappa shape index (κ1) is 11.5. The number of hydrogen-bond donors (Lipinski definition) is 1. The highest BCUT2D eigenvalue weighted by Gasteiger charge is 2.06. The lowest BCUT2D eigenvalue weighted by atomic mass is 10.1. The van der Waals surface area contributed by atoms with Crippen LogP contribution in [-0.4, -0.2) is 9.38 Å². The van der Waals surface area contributed by atoms with Gasteiger partial charge in [-0.15, -0.1) is 0 Å². The van der Waals surface area contributed by atoms with Gasteiger partial charge in [-0.2, -0.15) is 0 Å². The van der Waals surface area contributed by atoms with Crippen LogP contribution in [0, 0.1) is 6.92 Å². The van der Waals surface area contributed by atoms with Crippen molar-refractivity contribution in [1.29, 1.82) is 0 Å². The summed E-state index contributed by atoms with van der Waals surface area (Å²) in [4.78, 5) is 4.51. The predicted octanol–water partition coefficient (Wildman–Crippen LogP) is 3.40. The quantitative estimate of drug-likeness (QED) is 0.756. The molecule has 0 aliphatic carbocycles. The van der Waals surface area contributed by atoms with Crippen molar-refractivity contribution in [2.75, 3.05) is 5.73 Å². The van der Waals surface area contributed by atoms with E-state index in [1.807, 2.05) is 47.9 Å². The lowest BCUT2D eigenvalue weighted by Gasteiger charge is -1.99. The molecule has 2 aromatic heterocycles. The number of hydrogen-bond acceptors (Lipinski definition) is 2. The molecule has 19 heavy (non-hydrogen) atoms. The number of rotatable bonds is 2. The highest BCUT2D eigenvalue weighted by Crippen LogP contribution is 2.19. The molecule has 0 atom stereocenters. The summed E-state index contributed by atoms with van der Waals surface area (Å²) < 4.78 is 1.92. The largest absolute Gasteiger partial charge is 0.383 e. The molecular weight excluding hydrogens is 234 g/mol. The van der Waals surface area contributed by atoms with Crippen molar-refractivity contribution < 1.29 is 0 Å². The number of imidazole rings is 1. The Hall–Kier alpha value is -2.55. The topological polar surface area (TPSA) is 43.3 Å². The van der Waals surface area contributed by atoms with Crippen LogP contribution in [0.3, 0.4) is 0 Å². The van der Waals surface area contributed by atoms with Crippen LogP contribution in [0.15, 0.2) is 48.7 Å². The van der Waals surface area contributed by atoms with Gasteiger partial charge in [0.25, 0.3) is 0 Å². The zero-order valence-electron chi connectivity index (χ0n) is 10.7. The Morgan fingerprint density at radius 3 is 2.63 bits per heavy atom. The number of benzene rings is 1. The number of nitrogen functional groups attached to an aromatic ring is 1. The Morgan fingerprint density at radius 2 is 1.84 bits per heavy atom. The summed E-state index contributed by atoms with van der Waals surface area (Å²) in [6.07, 6.45) is 6.08. The lowest BCUT2D eigenvalue weighted by Crippen LogP contribution is -1.93. The maximum atomic E-state index is 5.99. The first-order valence-electron chi connectivity index (χ1n) is 6.22. The summed E-state index contributed by atoms with van der Waals surface area (Å²) in [5.41, 5.74) is 9.97. The Labute approximate surface area is 112 Å². The normalized spacial score (nSPS) is 11.4. The zero-order chi connectivity index (χ0) is 13.2. The Bertz CT molecular complexity index is 739. The molecule has 0 radical (unpaired) electrons. The van der Waals surface area contributed by atoms with Gasteiger partial charge in [0, 0.05) is 11.8 Å². The van der Waals surface area contributed by atoms with Gasteiger partial charge in [-0.05, 0) is 24.6 Å². The maximum Gasteiger partial charge on any atom is 0.145 e. The van der Waals surface area contributed by atoms with Gasteiger partial charge in [0.1, 0.15) is 11.5 Å². The van der Waals surface area contributed by atoms with Crippen LogP contribution >= 0.6 is 0 Å². The van der Waals surface area contributed by atoms with Crippen LogP contribution in [0.2, 0.25) is 0 Å². The van der Waals surface area contributed by atoms with E-state index in [4.69, 9.17) is 5.73 Å². The second-order valence-corrected chi connectivity index (χ2v) is 4.48. The third kappa shape index (κ3) is 2.10. The summed E-state index contributed by atoms with van der Waals surface area (Å²) in [6.45, 7) is 1.92. The third-order valence-electron chi connectivity index (χ3n) is 3.16. The number of aryl methyl sites for hydroxylation is 1. The second-order valence-electron chi connectivity index (χ2n) is 4.48. The van der Waals surface area contributed by atoms with Gasteiger partial charge in [0.15, 0.2) is 0 Å². The molecule has 0 saturated heterocycles. The van der Waals surface area contributed by atoms with Crippen LogP contribution in [0.5, 0.6) is 0 Å². The van der Waals surface area contributed by atoms with Crippen LogP contribution in [-0.2, 0) is 0 Å². The molecule has 0 fully saturated rings. The highest BCUT2D eigenvalue weighted by molar-refractivity contribution is 5.77. The van der Waals surface area contributed by atoms with E-state index < -0.39 is 0 Å². The minimum Gasteiger partial charge on any atom is -0.383 e. The number of nitrogens with two attached hydrogens (primary N) is 1. The highest BCUT2D eigenvalue weighted by atomic mass is 15.1. The first-order chi connectivity index (χ1) is 9.25. The summed E-state index contributed by atoms with van der Waals surface area (Å²) in [6, 6.07) is 14.2. The van der Waals surface area contributed by atoms with Crippen molar-refractivity contribution in [3.63, 3.8) is 0 Å². The van der Waals surface area contributed by atoms with Crippen molar-refractivity contribution >= 4 is 23.6 Å². The Kier molecular flexibility index (Phi) is 2.80. The minimum absolute atomic E-state index is 0.699. The number of aromatic nitrogens is 2. The lowest BCUT2D eigenvalue weighted by molar-refractivity contribution is 1.19. The van der Waals surface area contributed by atoms with Crippen LogP contribution in [0.25, 0.3) is 17.8 Å². The number of fused-ring (bicyclic) bond motifs is 1. The zero-order valence-corrected chi connectivity index (χ0v) is 10.7. The molecule has 3 rings (SSSR count). The molecule has 0 spiro atoms. The molecule has 0 aliphatic rings. The predicted molar refractivity (Wildman–Crippen MR) is 79.7 cm³/mol. The molecule has 0 amide bonds. The molecule has 3 aromatic rings. The van der Waals surface area contributed by atoms with Crippen LogP contribution < -0.4 is 5.73 Å². The SMILES string of the molecule is Cc1nc2c(/C=C\c3ccccc3)cccn2c1N. The third-order valence-corrected chi connectivity index (χ3v) is 3.16. The smallest absolute Gasteiger partial charge is 0.145 e. The fraction of sp³-hybridized carbons (Fsp3) is 0.0625. The average molecular weight is 249 g/mol. The fourth-order valence-corrected chi connectivity index (χ4v) is 2.10. The molecule has 3 nitrogen and oxygen atoms in total. The van der Waals surface area contributed by atoms with Gasteiger partial charge in [0.2, 0.25) is 0 Å². The van der Waals surface area contributed by atoms with Crippen molar-refractivity contribution in [1.82, 2.24) is 9.38 Å². The fourth-order valence-electron chi connectivity index (χ4n) is 2.10. The van der Waals surface area contributed by atoms with E-state index in [0.717, 1.165) is 16.9 Å². The number of anilines is 1. The molecule has 0 bridgehead atoms. The Balaban J connectivity index is 2.06. The summed E-state index contributed by atoms with van der Waals surface area (Å²) in [5, 5.41) is 0. The van der Waals surface area contributed by atoms with Crippen LogP contribution in [0.4, 0.5) is 5.82 Å². The van der Waals surface area contributed by atoms with Gasteiger partial charge >= 0.3 is 0 Å². The van der Waals surface area contributed by atoms with Gasteiger partial charge < -0.3 is 5.73 Å². The van der Waals surface area contributed by atoms with Crippen molar-refractivity contribution in [2.24, 2.45) is 0 Å².